The van der Waals surface area contributed by atoms with E-state index in [1.54, 1.807) is 35.4 Å². The molecule has 0 atom stereocenters. The molecule has 8 nitrogen and oxygen atoms in total. The molecular formula is C23H29N5O3S. The van der Waals surface area contributed by atoms with Crippen molar-refractivity contribution in [2.75, 3.05) is 40.3 Å². The van der Waals surface area contributed by atoms with E-state index in [-0.39, 0.29) is 5.91 Å². The number of fused-ring (bicyclic) bond motifs is 1. The van der Waals surface area contributed by atoms with Gasteiger partial charge in [0.2, 0.25) is 10.0 Å². The van der Waals surface area contributed by atoms with E-state index in [1.807, 2.05) is 48.9 Å². The number of piperazine rings is 1. The first-order valence-corrected chi connectivity index (χ1v) is 12.1. The molecule has 0 N–H and O–H groups in total. The quantitative estimate of drug-likeness (QED) is 0.589. The van der Waals surface area contributed by atoms with Crippen molar-refractivity contribution in [1.82, 2.24) is 23.7 Å². The van der Waals surface area contributed by atoms with Crippen LogP contribution >= 0.6 is 0 Å². The maximum Gasteiger partial charge on any atom is 0.253 e. The molecular weight excluding hydrogens is 426 g/mol. The monoisotopic (exact) mass is 455 g/mol. The third kappa shape index (κ3) is 4.28. The fraction of sp³-hybridized carbons (Fsp3) is 0.391. The van der Waals surface area contributed by atoms with Crippen LogP contribution in [0.2, 0.25) is 0 Å². The van der Waals surface area contributed by atoms with E-state index in [4.69, 9.17) is 4.98 Å². The fourth-order valence-corrected chi connectivity index (χ4v) is 5.39. The van der Waals surface area contributed by atoms with Gasteiger partial charge in [0.05, 0.1) is 22.5 Å². The minimum atomic E-state index is -3.47. The molecule has 9 heteroatoms. The van der Waals surface area contributed by atoms with Crippen LogP contribution in [0.25, 0.3) is 11.0 Å². The minimum Gasteiger partial charge on any atom is -0.345 e. The maximum atomic E-state index is 12.9. The highest BCUT2D eigenvalue weighted by atomic mass is 32.2. The zero-order chi connectivity index (χ0) is 23.0. The summed E-state index contributed by atoms with van der Waals surface area (Å²) >= 11 is 0. The highest BCUT2D eigenvalue weighted by Crippen LogP contribution is 2.21. The largest absolute Gasteiger partial charge is 0.345 e. The van der Waals surface area contributed by atoms with Crippen LogP contribution in [-0.2, 0) is 23.6 Å². The molecule has 0 bridgehead atoms. The smallest absolute Gasteiger partial charge is 0.253 e. The van der Waals surface area contributed by atoms with Gasteiger partial charge in [0, 0.05) is 52.9 Å². The molecule has 32 heavy (non-hydrogen) atoms. The van der Waals surface area contributed by atoms with Crippen LogP contribution in [-0.4, -0.2) is 78.3 Å². The summed E-state index contributed by atoms with van der Waals surface area (Å²) < 4.78 is 29.5. The summed E-state index contributed by atoms with van der Waals surface area (Å²) in [4.78, 5) is 21.1. The van der Waals surface area contributed by atoms with Gasteiger partial charge in [-0.05, 0) is 37.3 Å². The van der Waals surface area contributed by atoms with Gasteiger partial charge in [-0.3, -0.25) is 9.69 Å². The van der Waals surface area contributed by atoms with Gasteiger partial charge in [-0.15, -0.1) is 0 Å². The van der Waals surface area contributed by atoms with Crippen LogP contribution < -0.4 is 0 Å². The summed E-state index contributed by atoms with van der Waals surface area (Å²) in [5, 5.41) is 0. The van der Waals surface area contributed by atoms with Crippen LogP contribution in [0.1, 0.15) is 21.7 Å². The summed E-state index contributed by atoms with van der Waals surface area (Å²) in [6, 6.07) is 12.6. The van der Waals surface area contributed by atoms with E-state index in [0.717, 1.165) is 22.4 Å². The van der Waals surface area contributed by atoms with Gasteiger partial charge in [0.15, 0.2) is 0 Å². The number of rotatable bonds is 5. The Morgan fingerprint density at radius 1 is 1.03 bits per heavy atom. The third-order valence-electron chi connectivity index (χ3n) is 5.98. The maximum absolute atomic E-state index is 12.9. The lowest BCUT2D eigenvalue weighted by Crippen LogP contribution is -2.48. The Bertz CT molecular complexity index is 1240. The number of imidazole rings is 1. The molecule has 1 amide bonds. The Morgan fingerprint density at radius 2 is 1.69 bits per heavy atom. The summed E-state index contributed by atoms with van der Waals surface area (Å²) in [6.07, 6.45) is 0. The van der Waals surface area contributed by atoms with E-state index in [2.05, 4.69) is 4.90 Å². The molecule has 0 saturated carbocycles. The first kappa shape index (κ1) is 22.4. The normalized spacial score (nSPS) is 15.9. The van der Waals surface area contributed by atoms with Crippen LogP contribution in [0.4, 0.5) is 0 Å². The van der Waals surface area contributed by atoms with Crippen molar-refractivity contribution in [3.8, 4) is 0 Å². The summed E-state index contributed by atoms with van der Waals surface area (Å²) in [5.41, 5.74) is 3.41. The molecule has 170 valence electrons. The van der Waals surface area contributed by atoms with Gasteiger partial charge in [0.1, 0.15) is 5.82 Å². The lowest BCUT2D eigenvalue weighted by Gasteiger charge is -2.33. The zero-order valence-electron chi connectivity index (χ0n) is 18.9. The number of sulfonamides is 1. The van der Waals surface area contributed by atoms with Gasteiger partial charge in [-0.2, -0.15) is 4.31 Å². The molecule has 0 spiro atoms. The zero-order valence-corrected chi connectivity index (χ0v) is 19.8. The van der Waals surface area contributed by atoms with Crippen molar-refractivity contribution in [2.45, 2.75) is 18.4 Å². The summed E-state index contributed by atoms with van der Waals surface area (Å²) in [7, 11) is 1.96. The van der Waals surface area contributed by atoms with Crippen LogP contribution in [0.3, 0.4) is 0 Å². The van der Waals surface area contributed by atoms with Crippen molar-refractivity contribution >= 4 is 27.0 Å². The van der Waals surface area contributed by atoms with E-state index >= 15 is 0 Å². The number of hydrogen-bond acceptors (Lipinski definition) is 5. The Labute approximate surface area is 189 Å². The van der Waals surface area contributed by atoms with Gasteiger partial charge < -0.3 is 9.47 Å². The number of hydrogen-bond donors (Lipinski definition) is 0. The number of benzene rings is 2. The lowest BCUT2D eigenvalue weighted by atomic mass is 10.2. The first-order valence-electron chi connectivity index (χ1n) is 10.6. The molecule has 1 aliphatic rings. The molecule has 1 fully saturated rings. The first-order chi connectivity index (χ1) is 15.2. The predicted octanol–water partition coefficient (Wildman–Crippen LogP) is 2.09. The average molecular weight is 456 g/mol. The Kier molecular flexibility index (Phi) is 6.07. The standard InChI is InChI=1S/C23H29N5O3S/c1-17-5-8-19(9-6-17)32(30,31)28-13-11-27(12-14-28)16-22-24-20-15-18(23(29)25(2)3)7-10-21(20)26(22)4/h5-10,15H,11-14,16H2,1-4H3. The number of carbonyl (C=O) groups is 1. The van der Waals surface area contributed by atoms with Gasteiger partial charge in [-0.1, -0.05) is 17.7 Å². The van der Waals surface area contributed by atoms with Crippen molar-refractivity contribution in [2.24, 2.45) is 7.05 Å². The van der Waals surface area contributed by atoms with Crippen molar-refractivity contribution < 1.29 is 13.2 Å². The Balaban J connectivity index is 1.45. The Hall–Kier alpha value is -2.75. The van der Waals surface area contributed by atoms with Crippen molar-refractivity contribution in [1.29, 1.82) is 0 Å². The summed E-state index contributed by atoms with van der Waals surface area (Å²) in [6.45, 7) is 4.73. The van der Waals surface area contributed by atoms with E-state index < -0.39 is 10.0 Å². The van der Waals surface area contributed by atoms with E-state index in [1.165, 1.54) is 0 Å². The molecule has 4 rings (SSSR count). The molecule has 3 aromatic rings. The Morgan fingerprint density at radius 3 is 2.31 bits per heavy atom. The molecule has 0 unspecified atom stereocenters. The number of aromatic nitrogens is 2. The minimum absolute atomic E-state index is 0.0509. The summed E-state index contributed by atoms with van der Waals surface area (Å²) in [5.74, 6) is 0.842. The SMILES string of the molecule is Cc1ccc(S(=O)(=O)N2CCN(Cc3nc4cc(C(=O)N(C)C)ccc4n3C)CC2)cc1. The van der Waals surface area contributed by atoms with E-state index in [9.17, 15) is 13.2 Å². The van der Waals surface area contributed by atoms with Gasteiger partial charge >= 0.3 is 0 Å². The second-order valence-electron chi connectivity index (χ2n) is 8.48. The topological polar surface area (TPSA) is 78.8 Å². The molecule has 1 saturated heterocycles. The number of aryl methyl sites for hydroxylation is 2. The average Bonchev–Trinajstić information content (AvgIpc) is 3.08. The highest BCUT2D eigenvalue weighted by molar-refractivity contribution is 7.89. The highest BCUT2D eigenvalue weighted by Gasteiger charge is 2.29. The van der Waals surface area contributed by atoms with Crippen molar-refractivity contribution in [3.63, 3.8) is 0 Å². The second-order valence-corrected chi connectivity index (χ2v) is 10.4. The number of carbonyl (C=O) groups excluding carboxylic acids is 1. The second kappa shape index (κ2) is 8.65. The van der Waals surface area contributed by atoms with Gasteiger partial charge in [-0.25, -0.2) is 13.4 Å². The molecule has 0 radical (unpaired) electrons. The molecule has 1 aromatic heterocycles. The van der Waals surface area contributed by atoms with Crippen LogP contribution in [0.5, 0.6) is 0 Å². The predicted molar refractivity (Wildman–Crippen MR) is 124 cm³/mol. The lowest BCUT2D eigenvalue weighted by molar-refractivity contribution is 0.0827. The van der Waals surface area contributed by atoms with Crippen LogP contribution in [0, 0.1) is 6.92 Å². The van der Waals surface area contributed by atoms with Crippen molar-refractivity contribution in [3.05, 3.63) is 59.4 Å². The van der Waals surface area contributed by atoms with E-state index in [0.29, 0.717) is 43.2 Å². The third-order valence-corrected chi connectivity index (χ3v) is 7.89. The fourth-order valence-electron chi connectivity index (χ4n) is 3.97. The van der Waals surface area contributed by atoms with Crippen LogP contribution in [0.15, 0.2) is 47.4 Å². The molecule has 1 aliphatic heterocycles. The molecule has 0 aliphatic carbocycles. The molecule has 2 heterocycles. The molecule has 2 aromatic carbocycles. The van der Waals surface area contributed by atoms with Gasteiger partial charge in [0.25, 0.3) is 5.91 Å². The number of nitrogens with zero attached hydrogens (tertiary/aromatic N) is 5. The number of amides is 1.